The Hall–Kier alpha value is -1.58. The highest BCUT2D eigenvalue weighted by atomic mass is 16.5. The number of anilines is 1. The van der Waals surface area contributed by atoms with Crippen molar-refractivity contribution in [2.24, 2.45) is 0 Å². The number of carbonyl (C=O) groups excluding carboxylic acids is 1. The predicted molar refractivity (Wildman–Crippen MR) is 49.7 cm³/mol. The summed E-state index contributed by atoms with van der Waals surface area (Å²) >= 11 is 0. The second-order valence-corrected chi connectivity index (χ2v) is 2.72. The molecule has 0 aliphatic rings. The Balaban J connectivity index is 2.79. The normalized spacial score (nSPS) is 9.46. The highest BCUT2D eigenvalue weighted by Crippen LogP contribution is 2.08. The Morgan fingerprint density at radius 1 is 1.46 bits per heavy atom. The maximum atomic E-state index is 10.8. The van der Waals surface area contributed by atoms with Crippen molar-refractivity contribution in [1.29, 1.82) is 0 Å². The first-order chi connectivity index (χ1) is 6.13. The molecule has 0 radical (unpaired) electrons. The standard InChI is InChI=1S/C9H12N2O2/c1-6-4-5-8(10-7(6)2)11-9(12)13-3/h4-5H,1-3H3,(H,10,11,12). The van der Waals surface area contributed by atoms with E-state index < -0.39 is 6.09 Å². The summed E-state index contributed by atoms with van der Waals surface area (Å²) in [6.07, 6.45) is -0.504. The predicted octanol–water partition coefficient (Wildman–Crippen LogP) is 1.88. The monoisotopic (exact) mass is 180 g/mol. The van der Waals surface area contributed by atoms with Gasteiger partial charge in [0.1, 0.15) is 5.82 Å². The van der Waals surface area contributed by atoms with Crippen LogP contribution in [0.2, 0.25) is 0 Å². The van der Waals surface area contributed by atoms with E-state index in [1.54, 1.807) is 6.07 Å². The van der Waals surface area contributed by atoms with Gasteiger partial charge in [-0.3, -0.25) is 5.32 Å². The molecule has 0 atom stereocenters. The second kappa shape index (κ2) is 3.89. The van der Waals surface area contributed by atoms with Crippen LogP contribution >= 0.6 is 0 Å². The molecular formula is C9H12N2O2. The van der Waals surface area contributed by atoms with Crippen LogP contribution < -0.4 is 5.32 Å². The Kier molecular flexibility index (Phi) is 2.84. The largest absolute Gasteiger partial charge is 0.453 e. The van der Waals surface area contributed by atoms with Crippen LogP contribution in [-0.2, 0) is 4.74 Å². The Morgan fingerprint density at radius 3 is 2.69 bits per heavy atom. The SMILES string of the molecule is COC(=O)Nc1ccc(C)c(C)n1. The number of methoxy groups -OCH3 is 1. The third-order valence-corrected chi connectivity index (χ3v) is 1.77. The molecule has 0 aliphatic heterocycles. The van der Waals surface area contributed by atoms with Crippen LogP contribution in [-0.4, -0.2) is 18.2 Å². The van der Waals surface area contributed by atoms with Gasteiger partial charge in [0.05, 0.1) is 7.11 Å². The minimum atomic E-state index is -0.504. The van der Waals surface area contributed by atoms with E-state index in [4.69, 9.17) is 0 Å². The molecule has 0 saturated heterocycles. The number of aryl methyl sites for hydroxylation is 2. The molecule has 0 aromatic carbocycles. The van der Waals surface area contributed by atoms with E-state index in [9.17, 15) is 4.79 Å². The van der Waals surface area contributed by atoms with Gasteiger partial charge in [-0.15, -0.1) is 0 Å². The molecule has 1 aromatic heterocycles. The number of nitrogens with zero attached hydrogens (tertiary/aromatic N) is 1. The maximum absolute atomic E-state index is 10.8. The highest BCUT2D eigenvalue weighted by molar-refractivity contribution is 5.83. The van der Waals surface area contributed by atoms with E-state index in [-0.39, 0.29) is 0 Å². The molecule has 70 valence electrons. The number of amides is 1. The molecule has 0 aliphatic carbocycles. The van der Waals surface area contributed by atoms with Crippen molar-refractivity contribution < 1.29 is 9.53 Å². The number of nitrogens with one attached hydrogen (secondary N) is 1. The van der Waals surface area contributed by atoms with Crippen LogP contribution in [0.25, 0.3) is 0 Å². The van der Waals surface area contributed by atoms with Gasteiger partial charge in [-0.2, -0.15) is 0 Å². The summed E-state index contributed by atoms with van der Waals surface area (Å²) in [5.74, 6) is 0.509. The van der Waals surface area contributed by atoms with Crippen molar-refractivity contribution in [3.8, 4) is 0 Å². The first-order valence-electron chi connectivity index (χ1n) is 3.92. The van der Waals surface area contributed by atoms with Gasteiger partial charge in [0.15, 0.2) is 0 Å². The van der Waals surface area contributed by atoms with E-state index >= 15 is 0 Å². The van der Waals surface area contributed by atoms with Crippen LogP contribution in [0.5, 0.6) is 0 Å². The van der Waals surface area contributed by atoms with Crippen molar-refractivity contribution in [2.75, 3.05) is 12.4 Å². The van der Waals surface area contributed by atoms with Gasteiger partial charge < -0.3 is 4.74 Å². The van der Waals surface area contributed by atoms with Gasteiger partial charge in [-0.25, -0.2) is 9.78 Å². The number of rotatable bonds is 1. The number of pyridine rings is 1. The van der Waals surface area contributed by atoms with Crippen LogP contribution in [0.15, 0.2) is 12.1 Å². The van der Waals surface area contributed by atoms with Crippen molar-refractivity contribution in [3.05, 3.63) is 23.4 Å². The zero-order chi connectivity index (χ0) is 9.84. The molecular weight excluding hydrogens is 168 g/mol. The Labute approximate surface area is 76.9 Å². The number of aromatic nitrogens is 1. The molecule has 0 bridgehead atoms. The molecule has 4 heteroatoms. The van der Waals surface area contributed by atoms with E-state index in [1.165, 1.54) is 7.11 Å². The average molecular weight is 180 g/mol. The van der Waals surface area contributed by atoms with Gasteiger partial charge in [0, 0.05) is 5.69 Å². The summed E-state index contributed by atoms with van der Waals surface area (Å²) in [5, 5.41) is 2.49. The molecule has 1 N–H and O–H groups in total. The van der Waals surface area contributed by atoms with Crippen molar-refractivity contribution in [1.82, 2.24) is 4.98 Å². The van der Waals surface area contributed by atoms with Gasteiger partial charge in [-0.1, -0.05) is 6.07 Å². The third-order valence-electron chi connectivity index (χ3n) is 1.77. The Morgan fingerprint density at radius 2 is 2.15 bits per heavy atom. The molecule has 1 aromatic rings. The summed E-state index contributed by atoms with van der Waals surface area (Å²) < 4.78 is 4.43. The molecule has 0 spiro atoms. The summed E-state index contributed by atoms with van der Waals surface area (Å²) in [7, 11) is 1.32. The molecule has 1 heterocycles. The lowest BCUT2D eigenvalue weighted by molar-refractivity contribution is 0.187. The minimum absolute atomic E-state index is 0.504. The molecule has 0 saturated carbocycles. The zero-order valence-corrected chi connectivity index (χ0v) is 7.92. The fourth-order valence-electron chi connectivity index (χ4n) is 0.856. The van der Waals surface area contributed by atoms with Gasteiger partial charge in [0.25, 0.3) is 0 Å². The molecule has 1 rings (SSSR count). The number of hydrogen-bond donors (Lipinski definition) is 1. The summed E-state index contributed by atoms with van der Waals surface area (Å²) in [5.41, 5.74) is 1.99. The van der Waals surface area contributed by atoms with Crippen molar-refractivity contribution >= 4 is 11.9 Å². The number of hydrogen-bond acceptors (Lipinski definition) is 3. The topological polar surface area (TPSA) is 51.2 Å². The third kappa shape index (κ3) is 2.43. The van der Waals surface area contributed by atoms with Crippen LogP contribution in [0.3, 0.4) is 0 Å². The minimum Gasteiger partial charge on any atom is -0.453 e. The lowest BCUT2D eigenvalue weighted by Gasteiger charge is -2.04. The van der Waals surface area contributed by atoms with Crippen LogP contribution in [0.1, 0.15) is 11.3 Å². The molecule has 4 nitrogen and oxygen atoms in total. The van der Waals surface area contributed by atoms with Crippen molar-refractivity contribution in [3.63, 3.8) is 0 Å². The van der Waals surface area contributed by atoms with Crippen molar-refractivity contribution in [2.45, 2.75) is 13.8 Å². The Bertz CT molecular complexity index is 323. The second-order valence-electron chi connectivity index (χ2n) is 2.72. The average Bonchev–Trinajstić information content (AvgIpc) is 2.11. The first kappa shape index (κ1) is 9.51. The molecule has 0 unspecified atom stereocenters. The van der Waals surface area contributed by atoms with E-state index in [2.05, 4.69) is 15.0 Å². The van der Waals surface area contributed by atoms with Gasteiger partial charge in [-0.05, 0) is 25.5 Å². The molecule has 0 fully saturated rings. The maximum Gasteiger partial charge on any atom is 0.412 e. The number of ether oxygens (including phenoxy) is 1. The highest BCUT2D eigenvalue weighted by Gasteiger charge is 2.02. The molecule has 13 heavy (non-hydrogen) atoms. The fourth-order valence-corrected chi connectivity index (χ4v) is 0.856. The lowest BCUT2D eigenvalue weighted by Crippen LogP contribution is -2.12. The smallest absolute Gasteiger partial charge is 0.412 e. The van der Waals surface area contributed by atoms with Crippen LogP contribution in [0, 0.1) is 13.8 Å². The van der Waals surface area contributed by atoms with E-state index in [0.717, 1.165) is 11.3 Å². The number of carbonyl (C=O) groups is 1. The van der Waals surface area contributed by atoms with E-state index in [1.807, 2.05) is 19.9 Å². The summed E-state index contributed by atoms with van der Waals surface area (Å²) in [6.45, 7) is 3.85. The van der Waals surface area contributed by atoms with Gasteiger partial charge >= 0.3 is 6.09 Å². The molecule has 1 amide bonds. The quantitative estimate of drug-likeness (QED) is 0.717. The lowest BCUT2D eigenvalue weighted by atomic mass is 10.2. The summed E-state index contributed by atoms with van der Waals surface area (Å²) in [4.78, 5) is 15.0. The van der Waals surface area contributed by atoms with Crippen LogP contribution in [0.4, 0.5) is 10.6 Å². The summed E-state index contributed by atoms with van der Waals surface area (Å²) in [6, 6.07) is 3.63. The zero-order valence-electron chi connectivity index (χ0n) is 7.92. The fraction of sp³-hybridized carbons (Fsp3) is 0.333. The van der Waals surface area contributed by atoms with Gasteiger partial charge in [0.2, 0.25) is 0 Å². The van der Waals surface area contributed by atoms with E-state index in [0.29, 0.717) is 5.82 Å². The first-order valence-corrected chi connectivity index (χ1v) is 3.92.